The summed E-state index contributed by atoms with van der Waals surface area (Å²) in [4.78, 5) is 14.2. The minimum absolute atomic E-state index is 0.138. The Hall–Kier alpha value is -0.720. The van der Waals surface area contributed by atoms with Crippen LogP contribution in [0.1, 0.15) is 32.1 Å². The molecule has 0 aromatic carbocycles. The van der Waals surface area contributed by atoms with Gasteiger partial charge in [0.2, 0.25) is 0 Å². The quantitative estimate of drug-likeness (QED) is 0.765. The molecule has 0 radical (unpaired) electrons. The smallest absolute Gasteiger partial charge is 0.260 e. The van der Waals surface area contributed by atoms with E-state index in [4.69, 9.17) is 14.2 Å². The zero-order valence-corrected chi connectivity index (χ0v) is 14.3. The summed E-state index contributed by atoms with van der Waals surface area (Å²) in [5, 5.41) is 0. The van der Waals surface area contributed by atoms with Crippen molar-refractivity contribution in [3.8, 4) is 0 Å². The van der Waals surface area contributed by atoms with E-state index in [0.29, 0.717) is 51.7 Å². The van der Waals surface area contributed by atoms with Crippen LogP contribution in [0.15, 0.2) is 0 Å². The molecule has 0 unspecified atom stereocenters. The fraction of sp³-hybridized carbons (Fsp3) is 0.944. The van der Waals surface area contributed by atoms with Crippen LogP contribution in [-0.2, 0) is 19.0 Å². The summed E-state index contributed by atoms with van der Waals surface area (Å²) in [6.45, 7) is 5.48. The van der Waals surface area contributed by atoms with Gasteiger partial charge in [-0.25, -0.2) is 4.39 Å². The van der Waals surface area contributed by atoms with Gasteiger partial charge in [-0.3, -0.25) is 4.79 Å². The highest BCUT2D eigenvalue weighted by molar-refractivity contribution is 5.86. The molecule has 1 amide bonds. The van der Waals surface area contributed by atoms with Crippen molar-refractivity contribution < 1.29 is 23.4 Å². The van der Waals surface area contributed by atoms with E-state index in [9.17, 15) is 9.18 Å². The van der Waals surface area contributed by atoms with Gasteiger partial charge in [0.1, 0.15) is 0 Å². The SMILES string of the molecule is O=C(N1C[C@@H]2COC[C@]2(COCC2CCOCC2)C1)C1(F)CCC1. The van der Waals surface area contributed by atoms with Crippen LogP contribution in [0.2, 0.25) is 0 Å². The van der Waals surface area contributed by atoms with Crippen molar-refractivity contribution in [3.63, 3.8) is 0 Å². The monoisotopic (exact) mass is 341 g/mol. The molecule has 136 valence electrons. The third kappa shape index (κ3) is 2.97. The first-order valence-electron chi connectivity index (χ1n) is 9.33. The molecular weight excluding hydrogens is 313 g/mol. The van der Waals surface area contributed by atoms with E-state index in [2.05, 4.69) is 0 Å². The molecule has 0 aromatic heterocycles. The Bertz CT molecular complexity index is 478. The zero-order chi connectivity index (χ0) is 16.6. The number of alkyl halides is 1. The Morgan fingerprint density at radius 1 is 1.25 bits per heavy atom. The van der Waals surface area contributed by atoms with Gasteiger partial charge < -0.3 is 19.1 Å². The number of nitrogens with zero attached hydrogens (tertiary/aromatic N) is 1. The first kappa shape index (κ1) is 16.7. The molecule has 0 N–H and O–H groups in total. The van der Waals surface area contributed by atoms with E-state index < -0.39 is 5.67 Å². The molecule has 4 rings (SSSR count). The lowest BCUT2D eigenvalue weighted by atomic mass is 9.80. The Kier molecular flexibility index (Phi) is 4.56. The van der Waals surface area contributed by atoms with Crippen LogP contribution in [0.4, 0.5) is 4.39 Å². The largest absolute Gasteiger partial charge is 0.381 e. The number of rotatable bonds is 5. The van der Waals surface area contributed by atoms with Gasteiger partial charge in [-0.2, -0.15) is 0 Å². The van der Waals surface area contributed by atoms with Crippen molar-refractivity contribution in [1.29, 1.82) is 0 Å². The van der Waals surface area contributed by atoms with Gasteiger partial charge in [0.25, 0.3) is 5.91 Å². The van der Waals surface area contributed by atoms with Gasteiger partial charge in [-0.15, -0.1) is 0 Å². The minimum atomic E-state index is -1.59. The van der Waals surface area contributed by atoms with E-state index >= 15 is 0 Å². The van der Waals surface area contributed by atoms with Crippen molar-refractivity contribution in [2.24, 2.45) is 17.3 Å². The maximum atomic E-state index is 14.5. The van der Waals surface area contributed by atoms with Gasteiger partial charge in [-0.05, 0) is 38.0 Å². The second-order valence-electron chi connectivity index (χ2n) is 8.15. The van der Waals surface area contributed by atoms with Gasteiger partial charge >= 0.3 is 0 Å². The lowest BCUT2D eigenvalue weighted by molar-refractivity contribution is -0.149. The molecule has 3 heterocycles. The summed E-state index contributed by atoms with van der Waals surface area (Å²) >= 11 is 0. The second kappa shape index (κ2) is 6.54. The summed E-state index contributed by atoms with van der Waals surface area (Å²) in [6, 6.07) is 0. The summed E-state index contributed by atoms with van der Waals surface area (Å²) in [5.74, 6) is 0.547. The fourth-order valence-corrected chi connectivity index (χ4v) is 4.52. The highest BCUT2D eigenvalue weighted by Crippen LogP contribution is 2.45. The van der Waals surface area contributed by atoms with Crippen LogP contribution in [0.25, 0.3) is 0 Å². The lowest BCUT2D eigenvalue weighted by Crippen LogP contribution is -2.50. The predicted molar refractivity (Wildman–Crippen MR) is 85.4 cm³/mol. The first-order chi connectivity index (χ1) is 11.6. The molecule has 1 saturated carbocycles. The molecule has 6 heteroatoms. The standard InChI is InChI=1S/C18H28FNO4/c19-18(4-1-5-18)16(21)20-8-15-10-24-13-17(15,11-20)12-23-9-14-2-6-22-7-3-14/h14-15H,1-13H2/t15-,17-/m1/s1. The maximum absolute atomic E-state index is 14.5. The lowest BCUT2D eigenvalue weighted by Gasteiger charge is -2.36. The average Bonchev–Trinajstić information content (AvgIpc) is 3.10. The number of fused-ring (bicyclic) bond motifs is 1. The highest BCUT2D eigenvalue weighted by Gasteiger charge is 2.56. The topological polar surface area (TPSA) is 48.0 Å². The number of hydrogen-bond donors (Lipinski definition) is 0. The van der Waals surface area contributed by atoms with Gasteiger partial charge in [0.15, 0.2) is 5.67 Å². The number of ether oxygens (including phenoxy) is 3. The number of hydrogen-bond acceptors (Lipinski definition) is 4. The normalized spacial score (nSPS) is 35.7. The second-order valence-corrected chi connectivity index (χ2v) is 8.15. The third-order valence-corrected chi connectivity index (χ3v) is 6.42. The summed E-state index contributed by atoms with van der Waals surface area (Å²) in [7, 11) is 0. The summed E-state index contributed by atoms with van der Waals surface area (Å²) in [5.41, 5.74) is -1.73. The molecule has 24 heavy (non-hydrogen) atoms. The number of likely N-dealkylation sites (tertiary alicyclic amines) is 1. The van der Waals surface area contributed by atoms with Crippen molar-refractivity contribution in [3.05, 3.63) is 0 Å². The van der Waals surface area contributed by atoms with Gasteiger partial charge in [-0.1, -0.05) is 0 Å². The van der Waals surface area contributed by atoms with E-state index in [1.807, 2.05) is 0 Å². The molecule has 0 spiro atoms. The maximum Gasteiger partial charge on any atom is 0.260 e. The summed E-state index contributed by atoms with van der Waals surface area (Å²) < 4.78 is 31.6. The van der Waals surface area contributed by atoms with Crippen LogP contribution in [0.5, 0.6) is 0 Å². The number of halogens is 1. The Labute approximate surface area is 142 Å². The highest BCUT2D eigenvalue weighted by atomic mass is 19.1. The molecule has 3 saturated heterocycles. The molecular formula is C18H28FNO4. The number of carbonyl (C=O) groups is 1. The van der Waals surface area contributed by atoms with Crippen molar-refractivity contribution in [2.75, 3.05) is 52.7 Å². The molecule has 0 bridgehead atoms. The average molecular weight is 341 g/mol. The van der Waals surface area contributed by atoms with Crippen molar-refractivity contribution in [1.82, 2.24) is 4.90 Å². The molecule has 0 aromatic rings. The zero-order valence-electron chi connectivity index (χ0n) is 14.3. The van der Waals surface area contributed by atoms with E-state index in [1.54, 1.807) is 4.90 Å². The molecule has 3 aliphatic heterocycles. The van der Waals surface area contributed by atoms with E-state index in [0.717, 1.165) is 39.1 Å². The van der Waals surface area contributed by atoms with Crippen LogP contribution in [0, 0.1) is 17.3 Å². The number of amides is 1. The molecule has 2 atom stereocenters. The van der Waals surface area contributed by atoms with Gasteiger partial charge in [0.05, 0.1) is 19.8 Å². The third-order valence-electron chi connectivity index (χ3n) is 6.42. The van der Waals surface area contributed by atoms with Crippen LogP contribution >= 0.6 is 0 Å². The van der Waals surface area contributed by atoms with Crippen molar-refractivity contribution in [2.45, 2.75) is 37.8 Å². The van der Waals surface area contributed by atoms with E-state index in [1.165, 1.54) is 0 Å². The minimum Gasteiger partial charge on any atom is -0.381 e. The predicted octanol–water partition coefficient (Wildman–Crippen LogP) is 1.80. The molecule has 4 fully saturated rings. The van der Waals surface area contributed by atoms with Crippen LogP contribution < -0.4 is 0 Å². The Morgan fingerprint density at radius 2 is 2.04 bits per heavy atom. The van der Waals surface area contributed by atoms with E-state index in [-0.39, 0.29) is 17.2 Å². The molecule has 5 nitrogen and oxygen atoms in total. The Balaban J connectivity index is 1.33. The number of carbonyl (C=O) groups excluding carboxylic acids is 1. The molecule has 4 aliphatic rings. The summed E-state index contributed by atoms with van der Waals surface area (Å²) in [6.07, 6.45) is 3.71. The molecule has 1 aliphatic carbocycles. The van der Waals surface area contributed by atoms with Crippen LogP contribution in [-0.4, -0.2) is 69.2 Å². The van der Waals surface area contributed by atoms with Gasteiger partial charge in [0, 0.05) is 44.2 Å². The fourth-order valence-electron chi connectivity index (χ4n) is 4.52. The Morgan fingerprint density at radius 3 is 2.75 bits per heavy atom. The van der Waals surface area contributed by atoms with Crippen molar-refractivity contribution >= 4 is 5.91 Å². The first-order valence-corrected chi connectivity index (χ1v) is 9.33. The van der Waals surface area contributed by atoms with Crippen LogP contribution in [0.3, 0.4) is 0 Å².